The molecule has 32 heavy (non-hydrogen) atoms. The van der Waals surface area contributed by atoms with E-state index in [4.69, 9.17) is 9.84 Å². The Balaban J connectivity index is 1.26. The van der Waals surface area contributed by atoms with Crippen molar-refractivity contribution in [1.29, 1.82) is 0 Å². The topological polar surface area (TPSA) is 125 Å². The second-order valence-corrected chi connectivity index (χ2v) is 8.37. The number of hydrogen-bond donors (Lipinski definition) is 4. The van der Waals surface area contributed by atoms with Crippen LogP contribution in [0.4, 0.5) is 4.79 Å². The van der Waals surface area contributed by atoms with Gasteiger partial charge >= 0.3 is 12.1 Å². The fourth-order valence-electron chi connectivity index (χ4n) is 4.31. The van der Waals surface area contributed by atoms with Crippen LogP contribution in [0.1, 0.15) is 30.4 Å². The van der Waals surface area contributed by atoms with Crippen LogP contribution in [0, 0.1) is 11.8 Å². The number of nitrogens with one attached hydrogen (secondary N) is 2. The monoisotopic (exact) mass is 438 g/mol. The third-order valence-electron chi connectivity index (χ3n) is 6.16. The van der Waals surface area contributed by atoms with E-state index in [0.717, 1.165) is 22.3 Å². The molecule has 1 saturated carbocycles. The highest BCUT2D eigenvalue weighted by molar-refractivity contribution is 5.87. The van der Waals surface area contributed by atoms with Gasteiger partial charge in [0, 0.05) is 18.4 Å². The van der Waals surface area contributed by atoms with Gasteiger partial charge in [-0.15, -0.1) is 0 Å². The van der Waals surface area contributed by atoms with Gasteiger partial charge in [-0.3, -0.25) is 4.79 Å². The maximum Gasteiger partial charge on any atom is 0.407 e. The Morgan fingerprint density at radius 3 is 2.22 bits per heavy atom. The Labute approximate surface area is 185 Å². The van der Waals surface area contributed by atoms with Gasteiger partial charge in [0.05, 0.1) is 6.10 Å². The van der Waals surface area contributed by atoms with E-state index in [1.165, 1.54) is 6.92 Å². The summed E-state index contributed by atoms with van der Waals surface area (Å²) >= 11 is 0. The van der Waals surface area contributed by atoms with Crippen LogP contribution >= 0.6 is 0 Å². The van der Waals surface area contributed by atoms with Crippen molar-refractivity contribution in [2.75, 3.05) is 13.2 Å². The molecule has 8 heteroatoms. The highest BCUT2D eigenvalue weighted by atomic mass is 16.5. The second-order valence-electron chi connectivity index (χ2n) is 8.37. The minimum atomic E-state index is -1.35. The lowest BCUT2D eigenvalue weighted by molar-refractivity contribution is -0.145. The van der Waals surface area contributed by atoms with Crippen LogP contribution in [-0.2, 0) is 14.3 Å². The quantitative estimate of drug-likeness (QED) is 0.500. The van der Waals surface area contributed by atoms with E-state index in [-0.39, 0.29) is 30.9 Å². The van der Waals surface area contributed by atoms with E-state index in [9.17, 15) is 19.5 Å². The smallest absolute Gasteiger partial charge is 0.407 e. The highest BCUT2D eigenvalue weighted by Gasteiger charge is 2.44. The zero-order valence-corrected chi connectivity index (χ0v) is 17.7. The summed E-state index contributed by atoms with van der Waals surface area (Å²) in [4.78, 5) is 35.5. The number of carboxylic acids is 1. The lowest BCUT2D eigenvalue weighted by Gasteiger charge is -2.17. The zero-order chi connectivity index (χ0) is 22.8. The summed E-state index contributed by atoms with van der Waals surface area (Å²) in [6, 6.07) is 14.8. The Morgan fingerprint density at radius 2 is 1.66 bits per heavy atom. The van der Waals surface area contributed by atoms with Crippen molar-refractivity contribution < 1.29 is 29.3 Å². The van der Waals surface area contributed by atoms with Crippen molar-refractivity contribution in [2.24, 2.45) is 11.8 Å². The molecule has 2 aromatic rings. The normalized spacial score (nSPS) is 20.4. The zero-order valence-electron chi connectivity index (χ0n) is 17.7. The van der Waals surface area contributed by atoms with Crippen molar-refractivity contribution in [2.45, 2.75) is 31.4 Å². The van der Waals surface area contributed by atoms with Crippen molar-refractivity contribution >= 4 is 18.0 Å². The molecule has 8 nitrogen and oxygen atoms in total. The molecule has 2 amide bonds. The molecule has 1 fully saturated rings. The summed E-state index contributed by atoms with van der Waals surface area (Å²) < 4.78 is 5.48. The fraction of sp³-hybridized carbons (Fsp3) is 0.375. The Hall–Kier alpha value is -3.39. The molecule has 168 valence electrons. The summed E-state index contributed by atoms with van der Waals surface area (Å²) in [6.45, 7) is 1.78. The van der Waals surface area contributed by atoms with Crippen LogP contribution in [0.2, 0.25) is 0 Å². The molecule has 0 radical (unpaired) electrons. The van der Waals surface area contributed by atoms with Crippen LogP contribution in [-0.4, -0.2) is 53.5 Å². The average molecular weight is 438 g/mol. The third-order valence-corrected chi connectivity index (χ3v) is 6.16. The van der Waals surface area contributed by atoms with E-state index < -0.39 is 30.1 Å². The molecule has 0 bridgehead atoms. The number of carbonyl (C=O) groups is 3. The van der Waals surface area contributed by atoms with Gasteiger partial charge in [-0.25, -0.2) is 9.59 Å². The van der Waals surface area contributed by atoms with Crippen molar-refractivity contribution in [3.05, 3.63) is 59.7 Å². The summed E-state index contributed by atoms with van der Waals surface area (Å²) in [5, 5.41) is 23.6. The Bertz CT molecular complexity index is 991. The number of alkyl carbamates (subject to hydrolysis) is 1. The molecule has 4 atom stereocenters. The first-order valence-electron chi connectivity index (χ1n) is 10.7. The number of benzene rings is 2. The van der Waals surface area contributed by atoms with E-state index in [0.29, 0.717) is 6.42 Å². The van der Waals surface area contributed by atoms with E-state index >= 15 is 0 Å². The Morgan fingerprint density at radius 1 is 1.06 bits per heavy atom. The average Bonchev–Trinajstić information content (AvgIpc) is 3.49. The number of hydrogen-bond acceptors (Lipinski definition) is 5. The van der Waals surface area contributed by atoms with Gasteiger partial charge in [0.15, 0.2) is 6.04 Å². The molecule has 2 aliphatic carbocycles. The summed E-state index contributed by atoms with van der Waals surface area (Å²) in [7, 11) is 0. The highest BCUT2D eigenvalue weighted by Crippen LogP contribution is 2.44. The summed E-state index contributed by atoms with van der Waals surface area (Å²) in [6.07, 6.45) is -1.21. The predicted octanol–water partition coefficient (Wildman–Crippen LogP) is 2.11. The lowest BCUT2D eigenvalue weighted by atomic mass is 9.98. The number of amides is 2. The van der Waals surface area contributed by atoms with Gasteiger partial charge in [0.2, 0.25) is 5.91 Å². The van der Waals surface area contributed by atoms with E-state index in [2.05, 4.69) is 22.8 Å². The molecule has 2 aliphatic rings. The number of rotatable bonds is 8. The minimum Gasteiger partial charge on any atom is -0.480 e. The summed E-state index contributed by atoms with van der Waals surface area (Å²) in [5.74, 6) is -2.22. The molecule has 0 heterocycles. The van der Waals surface area contributed by atoms with Gasteiger partial charge in [0.25, 0.3) is 0 Å². The predicted molar refractivity (Wildman–Crippen MR) is 116 cm³/mol. The van der Waals surface area contributed by atoms with Gasteiger partial charge in [-0.1, -0.05) is 48.5 Å². The lowest BCUT2D eigenvalue weighted by Crippen LogP contribution is -2.48. The first-order chi connectivity index (χ1) is 15.4. The van der Waals surface area contributed by atoms with Crippen LogP contribution in [0.25, 0.3) is 11.1 Å². The van der Waals surface area contributed by atoms with Crippen LogP contribution in [0.5, 0.6) is 0 Å². The third kappa shape index (κ3) is 4.45. The molecule has 0 spiro atoms. The van der Waals surface area contributed by atoms with Gasteiger partial charge in [-0.2, -0.15) is 0 Å². The number of fused-ring (bicyclic) bond motifs is 3. The number of aliphatic carboxylic acids is 1. The van der Waals surface area contributed by atoms with Crippen LogP contribution in [0.15, 0.2) is 48.5 Å². The molecule has 0 aliphatic heterocycles. The molecule has 0 aromatic heterocycles. The van der Waals surface area contributed by atoms with Gasteiger partial charge < -0.3 is 25.6 Å². The number of carboxylic acid groups (broad SMARTS) is 1. The van der Waals surface area contributed by atoms with Crippen LogP contribution < -0.4 is 10.6 Å². The molecule has 4 N–H and O–H groups in total. The number of carbonyl (C=O) groups excluding carboxylic acids is 2. The molecule has 0 saturated heterocycles. The molecule has 2 aromatic carbocycles. The number of aliphatic hydroxyl groups is 1. The first kappa shape index (κ1) is 21.8. The van der Waals surface area contributed by atoms with E-state index in [1.54, 1.807) is 0 Å². The summed E-state index contributed by atoms with van der Waals surface area (Å²) in [5.41, 5.74) is 4.57. The molecule has 4 unspecified atom stereocenters. The second kappa shape index (κ2) is 9.00. The maximum atomic E-state index is 12.2. The molecular formula is C24H26N2O6. The first-order valence-corrected chi connectivity index (χ1v) is 10.7. The van der Waals surface area contributed by atoms with E-state index in [1.807, 2.05) is 36.4 Å². The maximum absolute atomic E-state index is 12.2. The number of ether oxygens (including phenoxy) is 1. The van der Waals surface area contributed by atoms with Crippen molar-refractivity contribution in [1.82, 2.24) is 10.6 Å². The standard InChI is InChI=1S/C24H26N2O6/c1-13(27)21(23(29)30)26-22(28)19-10-14(19)11-25-24(31)32-12-20-17-8-4-2-6-15(17)16-7-3-5-9-18(16)20/h2-9,13-14,19-21,27H,10-12H2,1H3,(H,25,31)(H,26,28)(H,29,30). The Kier molecular flexibility index (Phi) is 6.14. The molecule has 4 rings (SSSR count). The minimum absolute atomic E-state index is 0.0268. The van der Waals surface area contributed by atoms with Crippen molar-refractivity contribution in [3.8, 4) is 11.1 Å². The van der Waals surface area contributed by atoms with Gasteiger partial charge in [-0.05, 0) is 41.5 Å². The molecular weight excluding hydrogens is 412 g/mol. The van der Waals surface area contributed by atoms with Gasteiger partial charge in [0.1, 0.15) is 6.61 Å². The fourth-order valence-corrected chi connectivity index (χ4v) is 4.31. The SMILES string of the molecule is CC(O)C(NC(=O)C1CC1CNC(=O)OCC1c2ccccc2-c2ccccc21)C(=O)O. The largest absolute Gasteiger partial charge is 0.480 e. The van der Waals surface area contributed by atoms with Crippen molar-refractivity contribution in [3.63, 3.8) is 0 Å². The number of aliphatic hydroxyl groups excluding tert-OH is 1. The van der Waals surface area contributed by atoms with Crippen LogP contribution in [0.3, 0.4) is 0 Å².